The highest BCUT2D eigenvalue weighted by molar-refractivity contribution is 5.88. The first-order chi connectivity index (χ1) is 6.19. The smallest absolute Gasteiger partial charge is 0.356 e. The predicted octanol–water partition coefficient (Wildman–Crippen LogP) is 1.05. The van der Waals surface area contributed by atoms with E-state index < -0.39 is 5.97 Å². The number of pyridine rings is 1. The van der Waals surface area contributed by atoms with Crippen LogP contribution in [-0.4, -0.2) is 18.1 Å². The molecule has 0 bridgehead atoms. The summed E-state index contributed by atoms with van der Waals surface area (Å²) in [6, 6.07) is 5.08. The minimum absolute atomic E-state index is 0.196. The molecule has 0 saturated carbocycles. The van der Waals surface area contributed by atoms with E-state index in [1.54, 1.807) is 19.1 Å². The van der Waals surface area contributed by atoms with Crippen LogP contribution in [0.15, 0.2) is 12.1 Å². The number of nitrogens with zero attached hydrogens (tertiary/aromatic N) is 2. The number of aromatic nitrogens is 1. The lowest BCUT2D eigenvalue weighted by Gasteiger charge is -2.01. The Bertz CT molecular complexity index is 380. The van der Waals surface area contributed by atoms with Gasteiger partial charge in [0, 0.05) is 0 Å². The number of carbonyl (C=O) groups is 1. The van der Waals surface area contributed by atoms with Crippen molar-refractivity contribution in [2.45, 2.75) is 6.92 Å². The first-order valence-corrected chi connectivity index (χ1v) is 3.65. The third-order valence-corrected chi connectivity index (χ3v) is 1.59. The van der Waals surface area contributed by atoms with Gasteiger partial charge in [-0.25, -0.2) is 9.78 Å². The molecule has 0 N–H and O–H groups in total. The summed E-state index contributed by atoms with van der Waals surface area (Å²) in [6.07, 6.45) is 0. The number of ether oxygens (including phenoxy) is 1. The van der Waals surface area contributed by atoms with Crippen LogP contribution in [0.5, 0.6) is 0 Å². The van der Waals surface area contributed by atoms with Gasteiger partial charge in [-0.2, -0.15) is 5.26 Å². The maximum absolute atomic E-state index is 11.1. The van der Waals surface area contributed by atoms with Crippen molar-refractivity contribution >= 4 is 5.97 Å². The molecule has 13 heavy (non-hydrogen) atoms. The van der Waals surface area contributed by atoms with Crippen LogP contribution in [0.25, 0.3) is 0 Å². The van der Waals surface area contributed by atoms with E-state index in [0.717, 1.165) is 0 Å². The van der Waals surface area contributed by atoms with Crippen LogP contribution in [0.1, 0.15) is 21.7 Å². The molecule has 1 aromatic rings. The van der Waals surface area contributed by atoms with Gasteiger partial charge < -0.3 is 4.74 Å². The lowest BCUT2D eigenvalue weighted by atomic mass is 10.2. The summed E-state index contributed by atoms with van der Waals surface area (Å²) in [5, 5.41) is 8.54. The number of carbonyl (C=O) groups excluding carboxylic acids is 1. The Morgan fingerprint density at radius 1 is 1.62 bits per heavy atom. The Morgan fingerprint density at radius 3 is 2.85 bits per heavy atom. The quantitative estimate of drug-likeness (QED) is 0.600. The predicted molar refractivity (Wildman–Crippen MR) is 45.0 cm³/mol. The summed E-state index contributed by atoms with van der Waals surface area (Å²) < 4.78 is 4.51. The number of aryl methyl sites for hydroxylation is 1. The molecule has 1 heterocycles. The van der Waals surface area contributed by atoms with Crippen molar-refractivity contribution in [2.24, 2.45) is 0 Å². The molecule has 0 atom stereocenters. The molecule has 0 fully saturated rings. The van der Waals surface area contributed by atoms with Crippen LogP contribution < -0.4 is 0 Å². The van der Waals surface area contributed by atoms with Gasteiger partial charge >= 0.3 is 5.97 Å². The highest BCUT2D eigenvalue weighted by Crippen LogP contribution is 2.06. The van der Waals surface area contributed by atoms with Gasteiger partial charge in [0.05, 0.1) is 7.11 Å². The third kappa shape index (κ3) is 1.82. The summed E-state index contributed by atoms with van der Waals surface area (Å²) in [5.74, 6) is -0.519. The van der Waals surface area contributed by atoms with Crippen molar-refractivity contribution < 1.29 is 9.53 Å². The lowest BCUT2D eigenvalue weighted by Crippen LogP contribution is -2.07. The van der Waals surface area contributed by atoms with Crippen LogP contribution in [0.4, 0.5) is 0 Å². The second kappa shape index (κ2) is 3.68. The zero-order valence-electron chi connectivity index (χ0n) is 7.37. The van der Waals surface area contributed by atoms with E-state index >= 15 is 0 Å². The summed E-state index contributed by atoms with van der Waals surface area (Å²) >= 11 is 0. The number of esters is 1. The maximum atomic E-state index is 11.1. The Balaban J connectivity index is 3.20. The molecule has 4 heteroatoms. The largest absolute Gasteiger partial charge is 0.464 e. The SMILES string of the molecule is COC(=O)c1nc(C#N)ccc1C. The monoisotopic (exact) mass is 176 g/mol. The van der Waals surface area contributed by atoms with Gasteiger partial charge in [-0.1, -0.05) is 6.07 Å². The molecule has 0 unspecified atom stereocenters. The van der Waals surface area contributed by atoms with Gasteiger partial charge in [-0.05, 0) is 18.6 Å². The van der Waals surface area contributed by atoms with E-state index in [4.69, 9.17) is 5.26 Å². The van der Waals surface area contributed by atoms with Gasteiger partial charge in [0.2, 0.25) is 0 Å². The fourth-order valence-corrected chi connectivity index (χ4v) is 0.894. The first kappa shape index (κ1) is 9.20. The topological polar surface area (TPSA) is 63.0 Å². The average Bonchev–Trinajstić information content (AvgIpc) is 2.17. The highest BCUT2D eigenvalue weighted by Gasteiger charge is 2.11. The van der Waals surface area contributed by atoms with E-state index in [0.29, 0.717) is 5.56 Å². The minimum atomic E-state index is -0.519. The van der Waals surface area contributed by atoms with Crippen molar-refractivity contribution in [2.75, 3.05) is 7.11 Å². The molecule has 0 aliphatic rings. The Hall–Kier alpha value is -1.89. The van der Waals surface area contributed by atoms with Gasteiger partial charge in [-0.15, -0.1) is 0 Å². The zero-order chi connectivity index (χ0) is 9.84. The summed E-state index contributed by atoms with van der Waals surface area (Å²) in [7, 11) is 1.28. The number of methoxy groups -OCH3 is 1. The summed E-state index contributed by atoms with van der Waals surface area (Å²) in [6.45, 7) is 1.74. The minimum Gasteiger partial charge on any atom is -0.464 e. The molecule has 1 aromatic heterocycles. The molecule has 4 nitrogen and oxygen atoms in total. The number of rotatable bonds is 1. The Morgan fingerprint density at radius 2 is 2.31 bits per heavy atom. The van der Waals surface area contributed by atoms with Crippen molar-refractivity contribution in [3.63, 3.8) is 0 Å². The molecule has 0 saturated heterocycles. The van der Waals surface area contributed by atoms with Crippen molar-refractivity contribution in [1.29, 1.82) is 5.26 Å². The highest BCUT2D eigenvalue weighted by atomic mass is 16.5. The second-order valence-electron chi connectivity index (χ2n) is 2.47. The zero-order valence-corrected chi connectivity index (χ0v) is 7.37. The van der Waals surface area contributed by atoms with Gasteiger partial charge in [-0.3, -0.25) is 0 Å². The van der Waals surface area contributed by atoms with Gasteiger partial charge in [0.15, 0.2) is 5.69 Å². The van der Waals surface area contributed by atoms with Crippen molar-refractivity contribution in [3.8, 4) is 6.07 Å². The average molecular weight is 176 g/mol. The molecular formula is C9H8N2O2. The number of nitriles is 1. The van der Waals surface area contributed by atoms with E-state index in [9.17, 15) is 4.79 Å². The fourth-order valence-electron chi connectivity index (χ4n) is 0.894. The summed E-state index contributed by atoms with van der Waals surface area (Å²) in [4.78, 5) is 14.9. The summed E-state index contributed by atoms with van der Waals surface area (Å²) in [5.41, 5.74) is 1.11. The van der Waals surface area contributed by atoms with E-state index in [2.05, 4.69) is 9.72 Å². The molecule has 1 rings (SSSR count). The second-order valence-corrected chi connectivity index (χ2v) is 2.47. The molecule has 0 aliphatic heterocycles. The van der Waals surface area contributed by atoms with Crippen LogP contribution >= 0.6 is 0 Å². The number of hydrogen-bond acceptors (Lipinski definition) is 4. The van der Waals surface area contributed by atoms with Gasteiger partial charge in [0.1, 0.15) is 11.8 Å². The normalized spacial score (nSPS) is 9.00. The van der Waals surface area contributed by atoms with Crippen molar-refractivity contribution in [3.05, 3.63) is 29.1 Å². The molecule has 0 aliphatic carbocycles. The molecular weight excluding hydrogens is 168 g/mol. The van der Waals surface area contributed by atoms with E-state index in [1.807, 2.05) is 6.07 Å². The Kier molecular flexibility index (Phi) is 2.60. The van der Waals surface area contributed by atoms with Crippen molar-refractivity contribution in [1.82, 2.24) is 4.98 Å². The molecule has 0 radical (unpaired) electrons. The number of hydrogen-bond donors (Lipinski definition) is 0. The van der Waals surface area contributed by atoms with Gasteiger partial charge in [0.25, 0.3) is 0 Å². The van der Waals surface area contributed by atoms with Crippen LogP contribution in [0, 0.1) is 18.3 Å². The molecule has 66 valence electrons. The third-order valence-electron chi connectivity index (χ3n) is 1.59. The fraction of sp³-hybridized carbons (Fsp3) is 0.222. The van der Waals surface area contributed by atoms with Crippen LogP contribution in [0.2, 0.25) is 0 Å². The van der Waals surface area contributed by atoms with Crippen LogP contribution in [-0.2, 0) is 4.74 Å². The van der Waals surface area contributed by atoms with E-state index in [-0.39, 0.29) is 11.4 Å². The van der Waals surface area contributed by atoms with E-state index in [1.165, 1.54) is 7.11 Å². The molecule has 0 aromatic carbocycles. The Labute approximate surface area is 75.8 Å². The molecule has 0 amide bonds. The first-order valence-electron chi connectivity index (χ1n) is 3.65. The lowest BCUT2D eigenvalue weighted by molar-refractivity contribution is 0.0593. The standard InChI is InChI=1S/C9H8N2O2/c1-6-3-4-7(5-10)11-8(6)9(12)13-2/h3-4H,1-2H3. The van der Waals surface area contributed by atoms with Crippen LogP contribution in [0.3, 0.4) is 0 Å². The molecule has 0 spiro atoms. The maximum Gasteiger partial charge on any atom is 0.356 e.